The smallest absolute Gasteiger partial charge is 0.193 e. The van der Waals surface area contributed by atoms with E-state index in [2.05, 4.69) is 20.1 Å². The molecule has 0 radical (unpaired) electrons. The molecule has 1 aromatic rings. The minimum Gasteiger partial charge on any atom is -0.466 e. The van der Waals surface area contributed by atoms with Gasteiger partial charge in [-0.05, 0) is 57.3 Å². The second-order valence-corrected chi connectivity index (χ2v) is 7.26. The molecular formula is C18H31IN4O2. The first-order valence-electron chi connectivity index (χ1n) is 9.03. The third-order valence-electron chi connectivity index (χ3n) is 5.15. The number of aliphatic imine (C=N–C) groups is 1. The first-order chi connectivity index (χ1) is 11.6. The normalized spacial score (nSPS) is 24.2. The molecule has 0 aromatic carbocycles. The Morgan fingerprint density at radius 3 is 2.80 bits per heavy atom. The Balaban J connectivity index is 0.00000225. The molecule has 0 aliphatic carbocycles. The molecule has 0 spiro atoms. The molecule has 0 saturated carbocycles. The van der Waals surface area contributed by atoms with Gasteiger partial charge in [0.2, 0.25) is 0 Å². The maximum absolute atomic E-state index is 10.6. The number of halogens is 1. The van der Waals surface area contributed by atoms with E-state index in [1.807, 2.05) is 0 Å². The third-order valence-corrected chi connectivity index (χ3v) is 5.15. The van der Waals surface area contributed by atoms with Gasteiger partial charge in [-0.25, -0.2) is 0 Å². The first kappa shape index (κ1) is 20.5. The van der Waals surface area contributed by atoms with Gasteiger partial charge in [-0.1, -0.05) is 0 Å². The summed E-state index contributed by atoms with van der Waals surface area (Å²) in [6, 6.07) is 3.59. The molecule has 2 aliphatic rings. The van der Waals surface area contributed by atoms with Gasteiger partial charge in [-0.15, -0.1) is 24.0 Å². The molecule has 1 aromatic heterocycles. The van der Waals surface area contributed by atoms with Gasteiger partial charge in [0.25, 0.3) is 0 Å². The number of rotatable bonds is 5. The van der Waals surface area contributed by atoms with Crippen molar-refractivity contribution in [3.63, 3.8) is 0 Å². The van der Waals surface area contributed by atoms with Crippen LogP contribution in [0.15, 0.2) is 27.8 Å². The fourth-order valence-electron chi connectivity index (χ4n) is 3.76. The highest BCUT2D eigenvalue weighted by Gasteiger charge is 2.30. The van der Waals surface area contributed by atoms with Gasteiger partial charge in [0.15, 0.2) is 5.96 Å². The van der Waals surface area contributed by atoms with Gasteiger partial charge in [0.1, 0.15) is 11.4 Å². The quantitative estimate of drug-likeness (QED) is 0.399. The molecule has 2 aliphatic heterocycles. The van der Waals surface area contributed by atoms with E-state index in [1.165, 1.54) is 38.9 Å². The van der Waals surface area contributed by atoms with Crippen LogP contribution in [0.5, 0.6) is 0 Å². The van der Waals surface area contributed by atoms with Crippen molar-refractivity contribution in [3.8, 4) is 0 Å². The number of hydrogen-bond donors (Lipinski definition) is 2. The molecule has 2 saturated heterocycles. The number of nitrogens with zero attached hydrogens (tertiary/aromatic N) is 3. The van der Waals surface area contributed by atoms with Gasteiger partial charge in [0.05, 0.1) is 12.8 Å². The van der Waals surface area contributed by atoms with E-state index in [0.29, 0.717) is 18.2 Å². The molecule has 2 N–H and O–H groups in total. The van der Waals surface area contributed by atoms with E-state index in [1.54, 1.807) is 32.4 Å². The maximum Gasteiger partial charge on any atom is 0.193 e. The molecule has 2 fully saturated rings. The van der Waals surface area contributed by atoms with Crippen molar-refractivity contribution in [2.24, 2.45) is 10.9 Å². The molecule has 0 amide bonds. The summed E-state index contributed by atoms with van der Waals surface area (Å²) in [6.45, 7) is 7.93. The average Bonchev–Trinajstić information content (AvgIpc) is 3.31. The van der Waals surface area contributed by atoms with E-state index >= 15 is 0 Å². The highest BCUT2D eigenvalue weighted by atomic mass is 127. The summed E-state index contributed by atoms with van der Waals surface area (Å²) >= 11 is 0. The van der Waals surface area contributed by atoms with Gasteiger partial charge >= 0.3 is 0 Å². The lowest BCUT2D eigenvalue weighted by Gasteiger charge is -2.27. The van der Waals surface area contributed by atoms with Crippen LogP contribution in [0.3, 0.4) is 0 Å². The minimum absolute atomic E-state index is 0. The highest BCUT2D eigenvalue weighted by Crippen LogP contribution is 2.22. The summed E-state index contributed by atoms with van der Waals surface area (Å²) in [5.74, 6) is 2.15. The van der Waals surface area contributed by atoms with Crippen molar-refractivity contribution in [1.82, 2.24) is 15.1 Å². The summed E-state index contributed by atoms with van der Waals surface area (Å²) in [5.41, 5.74) is -1.05. The first-order valence-corrected chi connectivity index (χ1v) is 9.03. The molecular weight excluding hydrogens is 431 g/mol. The van der Waals surface area contributed by atoms with Crippen molar-refractivity contribution in [2.75, 3.05) is 46.3 Å². The van der Waals surface area contributed by atoms with Gasteiger partial charge < -0.3 is 24.6 Å². The van der Waals surface area contributed by atoms with Crippen LogP contribution in [-0.2, 0) is 5.60 Å². The number of aliphatic hydroxyl groups is 1. The summed E-state index contributed by atoms with van der Waals surface area (Å²) in [6.07, 6.45) is 5.50. The second-order valence-electron chi connectivity index (χ2n) is 7.26. The zero-order chi connectivity index (χ0) is 17.0. The molecule has 2 atom stereocenters. The largest absolute Gasteiger partial charge is 0.466 e. The topological polar surface area (TPSA) is 64.2 Å². The highest BCUT2D eigenvalue weighted by molar-refractivity contribution is 14.0. The van der Waals surface area contributed by atoms with Crippen LogP contribution in [0.25, 0.3) is 0 Å². The lowest BCUT2D eigenvalue weighted by atomic mass is 10.0. The van der Waals surface area contributed by atoms with Crippen molar-refractivity contribution >= 4 is 29.9 Å². The molecule has 7 heteroatoms. The van der Waals surface area contributed by atoms with Gasteiger partial charge in [0, 0.05) is 26.7 Å². The van der Waals surface area contributed by atoms with E-state index in [0.717, 1.165) is 19.0 Å². The Bertz CT molecular complexity index is 541. The standard InChI is InChI=1S/C18H30N4O2.HI/c1-18(23,16-6-5-11-24-16)14-20-17(19-2)22-10-7-15(13-22)12-21-8-3-4-9-21;/h5-6,11,15,23H,3-4,7-10,12-14H2,1-2H3,(H,19,20);1H. The van der Waals surface area contributed by atoms with Crippen molar-refractivity contribution in [3.05, 3.63) is 24.2 Å². The van der Waals surface area contributed by atoms with E-state index < -0.39 is 5.60 Å². The number of hydrogen-bond acceptors (Lipinski definition) is 4. The molecule has 6 nitrogen and oxygen atoms in total. The summed E-state index contributed by atoms with van der Waals surface area (Å²) in [4.78, 5) is 9.29. The Kier molecular flexibility index (Phi) is 7.57. The van der Waals surface area contributed by atoms with Crippen LogP contribution in [0, 0.1) is 5.92 Å². The summed E-state index contributed by atoms with van der Waals surface area (Å²) in [5, 5.41) is 13.9. The zero-order valence-electron chi connectivity index (χ0n) is 15.3. The number of nitrogens with one attached hydrogen (secondary N) is 1. The van der Waals surface area contributed by atoms with Gasteiger partial charge in [-0.2, -0.15) is 0 Å². The van der Waals surface area contributed by atoms with E-state index in [9.17, 15) is 5.11 Å². The zero-order valence-corrected chi connectivity index (χ0v) is 17.6. The average molecular weight is 462 g/mol. The van der Waals surface area contributed by atoms with Crippen LogP contribution in [-0.4, -0.2) is 67.2 Å². The van der Waals surface area contributed by atoms with E-state index in [4.69, 9.17) is 4.42 Å². The number of guanidine groups is 1. The SMILES string of the molecule is CN=C(NCC(C)(O)c1ccco1)N1CCC(CN2CCCC2)C1.I. The van der Waals surface area contributed by atoms with Crippen molar-refractivity contribution in [1.29, 1.82) is 0 Å². The monoisotopic (exact) mass is 462 g/mol. The van der Waals surface area contributed by atoms with Crippen molar-refractivity contribution in [2.45, 2.75) is 31.8 Å². The fourth-order valence-corrected chi connectivity index (χ4v) is 3.76. The molecule has 3 rings (SSSR count). The molecule has 25 heavy (non-hydrogen) atoms. The molecule has 2 unspecified atom stereocenters. The predicted molar refractivity (Wildman–Crippen MR) is 110 cm³/mol. The Labute approximate surface area is 167 Å². The molecule has 142 valence electrons. The minimum atomic E-state index is -1.05. The fraction of sp³-hybridized carbons (Fsp3) is 0.722. The van der Waals surface area contributed by atoms with Crippen LogP contribution in [0.2, 0.25) is 0 Å². The Hall–Kier alpha value is -0.800. The lowest BCUT2D eigenvalue weighted by molar-refractivity contribution is 0.0381. The second kappa shape index (κ2) is 9.23. The van der Waals surface area contributed by atoms with E-state index in [-0.39, 0.29) is 24.0 Å². The predicted octanol–water partition coefficient (Wildman–Crippen LogP) is 2.10. The third kappa shape index (κ3) is 5.34. The Morgan fingerprint density at radius 2 is 2.16 bits per heavy atom. The number of furan rings is 1. The summed E-state index contributed by atoms with van der Waals surface area (Å²) < 4.78 is 5.33. The van der Waals surface area contributed by atoms with Crippen LogP contribution in [0.1, 0.15) is 31.9 Å². The van der Waals surface area contributed by atoms with Crippen LogP contribution >= 0.6 is 24.0 Å². The van der Waals surface area contributed by atoms with Crippen LogP contribution < -0.4 is 5.32 Å². The molecule has 0 bridgehead atoms. The summed E-state index contributed by atoms with van der Waals surface area (Å²) in [7, 11) is 1.80. The van der Waals surface area contributed by atoms with Crippen molar-refractivity contribution < 1.29 is 9.52 Å². The lowest BCUT2D eigenvalue weighted by Crippen LogP contribution is -2.46. The van der Waals surface area contributed by atoms with Crippen LogP contribution in [0.4, 0.5) is 0 Å². The maximum atomic E-state index is 10.6. The Morgan fingerprint density at radius 1 is 1.40 bits per heavy atom. The molecule has 3 heterocycles. The van der Waals surface area contributed by atoms with Gasteiger partial charge in [-0.3, -0.25) is 4.99 Å². The number of likely N-dealkylation sites (tertiary alicyclic amines) is 2.